The van der Waals surface area contributed by atoms with Crippen molar-refractivity contribution in [1.82, 2.24) is 16.0 Å². The summed E-state index contributed by atoms with van der Waals surface area (Å²) in [5, 5.41) is 10.3. The zero-order valence-corrected chi connectivity index (χ0v) is 17.2. The predicted molar refractivity (Wildman–Crippen MR) is 110 cm³/mol. The Morgan fingerprint density at radius 2 is 2.04 bits per heavy atom. The molecule has 0 aliphatic carbocycles. The SMILES string of the molecule is CCNC(=NCC(=O)NC(C)(C)C)NCC(SC)c1cccc(Cl)c1. The van der Waals surface area contributed by atoms with Gasteiger partial charge in [0.25, 0.3) is 0 Å². The minimum Gasteiger partial charge on any atom is -0.357 e. The molecule has 1 aromatic carbocycles. The number of aliphatic imine (C=N–C) groups is 1. The highest BCUT2D eigenvalue weighted by molar-refractivity contribution is 7.98. The van der Waals surface area contributed by atoms with E-state index in [9.17, 15) is 4.79 Å². The first-order chi connectivity index (χ1) is 11.7. The van der Waals surface area contributed by atoms with Crippen molar-refractivity contribution in [2.24, 2.45) is 4.99 Å². The minimum absolute atomic E-state index is 0.0910. The monoisotopic (exact) mass is 384 g/mol. The largest absolute Gasteiger partial charge is 0.357 e. The standard InChI is InChI=1S/C18H29ClN4OS/c1-6-20-17(22-12-16(24)23-18(2,3)4)21-11-15(25-5)13-8-7-9-14(19)10-13/h7-10,15H,6,11-12H2,1-5H3,(H,23,24)(H2,20,21,22). The molecule has 1 aromatic rings. The summed E-state index contributed by atoms with van der Waals surface area (Å²) in [5.41, 5.74) is 0.906. The number of guanidine groups is 1. The third-order valence-electron chi connectivity index (χ3n) is 3.20. The fourth-order valence-corrected chi connectivity index (χ4v) is 3.05. The second kappa shape index (κ2) is 10.6. The first kappa shape index (κ1) is 21.6. The molecule has 0 saturated heterocycles. The third-order valence-corrected chi connectivity index (χ3v) is 4.44. The van der Waals surface area contributed by atoms with Crippen LogP contribution in [-0.4, -0.2) is 43.3 Å². The van der Waals surface area contributed by atoms with Crippen molar-refractivity contribution < 1.29 is 4.79 Å². The number of halogens is 1. The number of nitrogens with one attached hydrogen (secondary N) is 3. The zero-order chi connectivity index (χ0) is 18.9. The lowest BCUT2D eigenvalue weighted by atomic mass is 10.1. The number of rotatable bonds is 7. The highest BCUT2D eigenvalue weighted by Crippen LogP contribution is 2.27. The number of amides is 1. The normalized spacial score (nSPS) is 13.3. The Bertz CT molecular complexity index is 587. The summed E-state index contributed by atoms with van der Waals surface area (Å²) in [4.78, 5) is 16.3. The molecule has 0 aliphatic rings. The Labute approximate surface area is 160 Å². The fraction of sp³-hybridized carbons (Fsp3) is 0.556. The lowest BCUT2D eigenvalue weighted by molar-refractivity contribution is -0.121. The Balaban J connectivity index is 2.67. The van der Waals surface area contributed by atoms with Gasteiger partial charge in [0.05, 0.1) is 0 Å². The van der Waals surface area contributed by atoms with Gasteiger partial charge >= 0.3 is 0 Å². The molecule has 0 saturated carbocycles. The van der Waals surface area contributed by atoms with Crippen LogP contribution < -0.4 is 16.0 Å². The van der Waals surface area contributed by atoms with Crippen molar-refractivity contribution in [3.05, 3.63) is 34.9 Å². The molecule has 1 amide bonds. The lowest BCUT2D eigenvalue weighted by Gasteiger charge is -2.20. The molecule has 5 nitrogen and oxygen atoms in total. The van der Waals surface area contributed by atoms with Crippen molar-refractivity contribution in [3.8, 4) is 0 Å². The molecule has 0 aromatic heterocycles. The molecule has 1 unspecified atom stereocenters. The van der Waals surface area contributed by atoms with Crippen molar-refractivity contribution in [2.45, 2.75) is 38.5 Å². The van der Waals surface area contributed by atoms with E-state index in [1.165, 1.54) is 0 Å². The Hall–Kier alpha value is -1.40. The van der Waals surface area contributed by atoms with E-state index < -0.39 is 0 Å². The summed E-state index contributed by atoms with van der Waals surface area (Å²) in [5.74, 6) is 0.536. The Morgan fingerprint density at radius 1 is 1.32 bits per heavy atom. The highest BCUT2D eigenvalue weighted by Gasteiger charge is 2.14. The van der Waals surface area contributed by atoms with E-state index >= 15 is 0 Å². The quantitative estimate of drug-likeness (QED) is 0.499. The van der Waals surface area contributed by atoms with Gasteiger partial charge in [-0.1, -0.05) is 23.7 Å². The summed E-state index contributed by atoms with van der Waals surface area (Å²) >= 11 is 7.83. The molecule has 0 heterocycles. The maximum atomic E-state index is 11.9. The van der Waals surface area contributed by atoms with Gasteiger partial charge in [-0.25, -0.2) is 4.99 Å². The van der Waals surface area contributed by atoms with Gasteiger partial charge in [-0.15, -0.1) is 0 Å². The van der Waals surface area contributed by atoms with Crippen LogP contribution in [0.15, 0.2) is 29.3 Å². The number of benzene rings is 1. The van der Waals surface area contributed by atoms with Gasteiger partial charge in [-0.05, 0) is 51.6 Å². The van der Waals surface area contributed by atoms with Gasteiger partial charge in [0, 0.05) is 28.9 Å². The topological polar surface area (TPSA) is 65.5 Å². The van der Waals surface area contributed by atoms with Crippen molar-refractivity contribution in [3.63, 3.8) is 0 Å². The second-order valence-electron chi connectivity index (χ2n) is 6.65. The third kappa shape index (κ3) is 9.02. The number of nitrogens with zero attached hydrogens (tertiary/aromatic N) is 1. The number of carbonyl (C=O) groups is 1. The Morgan fingerprint density at radius 3 is 2.60 bits per heavy atom. The van der Waals surface area contributed by atoms with Crippen LogP contribution in [0.5, 0.6) is 0 Å². The summed E-state index contributed by atoms with van der Waals surface area (Å²) in [6, 6.07) is 7.87. The van der Waals surface area contributed by atoms with Gasteiger partial charge in [0.1, 0.15) is 6.54 Å². The number of carbonyl (C=O) groups excluding carboxylic acids is 1. The molecule has 0 spiro atoms. The van der Waals surface area contributed by atoms with Crippen LogP contribution in [0.4, 0.5) is 0 Å². The molecule has 3 N–H and O–H groups in total. The Kier molecular flexibility index (Phi) is 9.14. The van der Waals surface area contributed by atoms with Crippen LogP contribution in [0, 0.1) is 0 Å². The maximum Gasteiger partial charge on any atom is 0.242 e. The number of thioether (sulfide) groups is 1. The van der Waals surface area contributed by atoms with Crippen molar-refractivity contribution in [1.29, 1.82) is 0 Å². The van der Waals surface area contributed by atoms with Gasteiger partial charge in [0.2, 0.25) is 5.91 Å². The second-order valence-corrected chi connectivity index (χ2v) is 8.13. The fourth-order valence-electron chi connectivity index (χ4n) is 2.18. The van der Waals surface area contributed by atoms with Crippen LogP contribution in [0.3, 0.4) is 0 Å². The number of hydrogen-bond donors (Lipinski definition) is 3. The average Bonchev–Trinajstić information content (AvgIpc) is 2.51. The molecule has 0 aliphatic heterocycles. The summed E-state index contributed by atoms with van der Waals surface area (Å²) in [6.45, 7) is 9.36. The molecule has 0 fully saturated rings. The molecular formula is C18H29ClN4OS. The molecule has 1 atom stereocenters. The molecule has 25 heavy (non-hydrogen) atoms. The highest BCUT2D eigenvalue weighted by atomic mass is 35.5. The molecule has 1 rings (SSSR count). The zero-order valence-electron chi connectivity index (χ0n) is 15.6. The average molecular weight is 385 g/mol. The first-order valence-electron chi connectivity index (χ1n) is 8.36. The van der Waals surface area contributed by atoms with E-state index in [2.05, 4.69) is 33.3 Å². The molecule has 0 bridgehead atoms. The van der Waals surface area contributed by atoms with E-state index in [4.69, 9.17) is 11.6 Å². The number of hydrogen-bond acceptors (Lipinski definition) is 3. The van der Waals surface area contributed by atoms with E-state index in [0.717, 1.165) is 17.1 Å². The van der Waals surface area contributed by atoms with E-state index in [0.29, 0.717) is 12.5 Å². The summed E-state index contributed by atoms with van der Waals surface area (Å²) in [7, 11) is 0. The van der Waals surface area contributed by atoms with E-state index in [1.54, 1.807) is 11.8 Å². The summed E-state index contributed by atoms with van der Waals surface area (Å²) < 4.78 is 0. The maximum absolute atomic E-state index is 11.9. The van der Waals surface area contributed by atoms with E-state index in [1.807, 2.05) is 45.9 Å². The predicted octanol–water partition coefficient (Wildman–Crippen LogP) is 3.21. The van der Waals surface area contributed by atoms with Crippen LogP contribution in [0.25, 0.3) is 0 Å². The molecule has 140 valence electrons. The van der Waals surface area contributed by atoms with Crippen LogP contribution in [0.2, 0.25) is 5.02 Å². The lowest BCUT2D eigenvalue weighted by Crippen LogP contribution is -2.43. The molecular weight excluding hydrogens is 356 g/mol. The summed E-state index contributed by atoms with van der Waals surface area (Å²) in [6.07, 6.45) is 2.06. The van der Waals surface area contributed by atoms with Crippen LogP contribution >= 0.6 is 23.4 Å². The van der Waals surface area contributed by atoms with Crippen LogP contribution in [0.1, 0.15) is 38.5 Å². The first-order valence-corrected chi connectivity index (χ1v) is 10.0. The minimum atomic E-state index is -0.255. The molecule has 7 heteroatoms. The van der Waals surface area contributed by atoms with Crippen molar-refractivity contribution in [2.75, 3.05) is 25.9 Å². The smallest absolute Gasteiger partial charge is 0.242 e. The van der Waals surface area contributed by atoms with Gasteiger partial charge in [-0.3, -0.25) is 4.79 Å². The van der Waals surface area contributed by atoms with Crippen molar-refractivity contribution >= 4 is 35.2 Å². The molecule has 0 radical (unpaired) electrons. The van der Waals surface area contributed by atoms with Gasteiger partial charge in [-0.2, -0.15) is 11.8 Å². The van der Waals surface area contributed by atoms with Crippen LogP contribution in [-0.2, 0) is 4.79 Å². The van der Waals surface area contributed by atoms with Gasteiger partial charge in [0.15, 0.2) is 5.96 Å². The van der Waals surface area contributed by atoms with Gasteiger partial charge < -0.3 is 16.0 Å². The van der Waals surface area contributed by atoms with E-state index in [-0.39, 0.29) is 23.2 Å².